The van der Waals surface area contributed by atoms with Crippen molar-refractivity contribution in [3.05, 3.63) is 65.5 Å². The van der Waals surface area contributed by atoms with Crippen LogP contribution in [0.5, 0.6) is 11.5 Å². The normalized spacial score (nSPS) is 11.6. The Kier molecular flexibility index (Phi) is 8.16. The highest BCUT2D eigenvalue weighted by Crippen LogP contribution is 2.33. The van der Waals surface area contributed by atoms with Crippen LogP contribution in [0, 0.1) is 0 Å². The molecule has 5 nitrogen and oxygen atoms in total. The Morgan fingerprint density at radius 3 is 2.63 bits per heavy atom. The summed E-state index contributed by atoms with van der Waals surface area (Å²) in [5.74, 6) is 3.10. The molecule has 0 aliphatic carbocycles. The summed E-state index contributed by atoms with van der Waals surface area (Å²) in [6.07, 6.45) is 3.05. The number of methoxy groups -OCH3 is 2. The van der Waals surface area contributed by atoms with E-state index in [1.54, 1.807) is 20.3 Å². The molecular weight excluding hydrogens is 416 g/mol. The third-order valence-corrected chi connectivity index (χ3v) is 6.67. The van der Waals surface area contributed by atoms with Crippen LogP contribution in [0.25, 0.3) is 10.2 Å². The molecule has 0 spiro atoms. The first kappa shape index (κ1) is 22.2. The first-order valence-electron chi connectivity index (χ1n) is 9.71. The van der Waals surface area contributed by atoms with Crippen molar-refractivity contribution >= 4 is 39.2 Å². The summed E-state index contributed by atoms with van der Waals surface area (Å²) < 4.78 is 13.8. The van der Waals surface area contributed by atoms with Gasteiger partial charge in [0.25, 0.3) is 0 Å². The van der Waals surface area contributed by atoms with Crippen LogP contribution in [0.1, 0.15) is 18.4 Å². The van der Waals surface area contributed by atoms with Crippen molar-refractivity contribution < 1.29 is 14.3 Å². The number of carbonyl (C=O) groups is 1. The van der Waals surface area contributed by atoms with Crippen molar-refractivity contribution in [1.29, 1.82) is 0 Å². The maximum atomic E-state index is 12.5. The minimum Gasteiger partial charge on any atom is -0.493 e. The largest absolute Gasteiger partial charge is 0.493 e. The fourth-order valence-electron chi connectivity index (χ4n) is 3.04. The SMILES string of the molecule is C=CCn1c(=NC(=O)CCCSCc2ccccc2)sc2cc(OC)c(OC)cc21. The number of thiazole rings is 1. The van der Waals surface area contributed by atoms with Gasteiger partial charge in [-0.3, -0.25) is 4.79 Å². The lowest BCUT2D eigenvalue weighted by atomic mass is 10.2. The van der Waals surface area contributed by atoms with Crippen LogP contribution in [0.2, 0.25) is 0 Å². The molecule has 7 heteroatoms. The van der Waals surface area contributed by atoms with Crippen LogP contribution < -0.4 is 14.3 Å². The van der Waals surface area contributed by atoms with E-state index in [0.29, 0.717) is 29.3 Å². The number of aromatic nitrogens is 1. The number of hydrogen-bond donors (Lipinski definition) is 0. The molecule has 2 aromatic carbocycles. The van der Waals surface area contributed by atoms with Crippen molar-refractivity contribution in [2.45, 2.75) is 25.1 Å². The molecule has 0 radical (unpaired) electrons. The summed E-state index contributed by atoms with van der Waals surface area (Å²) in [6, 6.07) is 14.2. The zero-order valence-electron chi connectivity index (χ0n) is 17.3. The van der Waals surface area contributed by atoms with Crippen molar-refractivity contribution in [3.63, 3.8) is 0 Å². The first-order valence-corrected chi connectivity index (χ1v) is 11.7. The summed E-state index contributed by atoms with van der Waals surface area (Å²) >= 11 is 3.31. The maximum absolute atomic E-state index is 12.5. The average molecular weight is 443 g/mol. The first-order chi connectivity index (χ1) is 14.7. The van der Waals surface area contributed by atoms with Gasteiger partial charge in [0.05, 0.1) is 24.4 Å². The van der Waals surface area contributed by atoms with Gasteiger partial charge in [-0.1, -0.05) is 47.7 Å². The van der Waals surface area contributed by atoms with Crippen molar-refractivity contribution in [2.75, 3.05) is 20.0 Å². The van der Waals surface area contributed by atoms with Gasteiger partial charge < -0.3 is 14.0 Å². The smallest absolute Gasteiger partial charge is 0.248 e. The molecule has 0 saturated carbocycles. The van der Waals surface area contributed by atoms with E-state index in [2.05, 4.69) is 23.7 Å². The van der Waals surface area contributed by atoms with Crippen LogP contribution in [0.3, 0.4) is 0 Å². The predicted molar refractivity (Wildman–Crippen MR) is 126 cm³/mol. The monoisotopic (exact) mass is 442 g/mol. The lowest BCUT2D eigenvalue weighted by Gasteiger charge is -2.08. The van der Waals surface area contributed by atoms with E-state index in [1.165, 1.54) is 16.9 Å². The number of rotatable bonds is 10. The molecule has 0 saturated heterocycles. The molecular formula is C23H26N2O3S2. The van der Waals surface area contributed by atoms with E-state index in [1.807, 2.05) is 46.7 Å². The van der Waals surface area contributed by atoms with Crippen LogP contribution in [0.15, 0.2) is 60.1 Å². The van der Waals surface area contributed by atoms with E-state index in [-0.39, 0.29) is 5.91 Å². The van der Waals surface area contributed by atoms with Gasteiger partial charge in [0.2, 0.25) is 5.91 Å². The number of thioether (sulfide) groups is 1. The van der Waals surface area contributed by atoms with Gasteiger partial charge in [-0.2, -0.15) is 16.8 Å². The molecule has 0 unspecified atom stereocenters. The van der Waals surface area contributed by atoms with Crippen LogP contribution >= 0.6 is 23.1 Å². The number of nitrogens with zero attached hydrogens (tertiary/aromatic N) is 2. The topological polar surface area (TPSA) is 52.8 Å². The van der Waals surface area contributed by atoms with Gasteiger partial charge in [-0.15, -0.1) is 6.58 Å². The van der Waals surface area contributed by atoms with E-state index in [9.17, 15) is 4.79 Å². The van der Waals surface area contributed by atoms with Crippen LogP contribution in [-0.2, 0) is 17.1 Å². The predicted octanol–water partition coefficient (Wildman–Crippen LogP) is 5.05. The molecule has 1 amide bonds. The van der Waals surface area contributed by atoms with Crippen molar-refractivity contribution in [1.82, 2.24) is 4.57 Å². The van der Waals surface area contributed by atoms with E-state index >= 15 is 0 Å². The molecule has 1 heterocycles. The third kappa shape index (κ3) is 5.55. The zero-order valence-corrected chi connectivity index (χ0v) is 18.9. The van der Waals surface area contributed by atoms with E-state index in [4.69, 9.17) is 9.47 Å². The Labute approximate surface area is 185 Å². The molecule has 0 bridgehead atoms. The van der Waals surface area contributed by atoms with Crippen molar-refractivity contribution in [3.8, 4) is 11.5 Å². The summed E-state index contributed by atoms with van der Waals surface area (Å²) in [4.78, 5) is 17.5. The van der Waals surface area contributed by atoms with Crippen molar-refractivity contribution in [2.24, 2.45) is 4.99 Å². The summed E-state index contributed by atoms with van der Waals surface area (Å²) in [5.41, 5.74) is 2.25. The Morgan fingerprint density at radius 2 is 1.93 bits per heavy atom. The van der Waals surface area contributed by atoms with Gasteiger partial charge in [0, 0.05) is 30.9 Å². The second-order valence-electron chi connectivity index (χ2n) is 6.61. The third-order valence-electron chi connectivity index (χ3n) is 4.51. The van der Waals surface area contributed by atoms with Gasteiger partial charge in [-0.05, 0) is 17.7 Å². The number of carbonyl (C=O) groups excluding carboxylic acids is 1. The highest BCUT2D eigenvalue weighted by molar-refractivity contribution is 7.98. The number of ether oxygens (including phenoxy) is 2. The Hall–Kier alpha value is -2.51. The second kappa shape index (κ2) is 11.0. The molecule has 0 aliphatic rings. The fourth-order valence-corrected chi connectivity index (χ4v) is 5.03. The molecule has 0 N–H and O–H groups in total. The Balaban J connectivity index is 1.70. The fraction of sp³-hybridized carbons (Fsp3) is 0.304. The zero-order chi connectivity index (χ0) is 21.3. The average Bonchev–Trinajstić information content (AvgIpc) is 3.09. The second-order valence-corrected chi connectivity index (χ2v) is 8.72. The van der Waals surface area contributed by atoms with Gasteiger partial charge in [-0.25, -0.2) is 0 Å². The molecule has 0 aliphatic heterocycles. The molecule has 3 rings (SSSR count). The standard InChI is InChI=1S/C23H26N2O3S2/c1-4-12-25-18-14-19(27-2)20(28-3)15-21(18)30-23(25)24-22(26)11-8-13-29-16-17-9-6-5-7-10-17/h4-7,9-10,14-15H,1,8,11-13,16H2,2-3H3. The number of fused-ring (bicyclic) bond motifs is 1. The number of hydrogen-bond acceptors (Lipinski definition) is 5. The summed E-state index contributed by atoms with van der Waals surface area (Å²) in [7, 11) is 3.22. The molecule has 158 valence electrons. The quantitative estimate of drug-likeness (QED) is 0.326. The molecule has 3 aromatic rings. The maximum Gasteiger partial charge on any atom is 0.248 e. The molecule has 30 heavy (non-hydrogen) atoms. The minimum absolute atomic E-state index is 0.0985. The van der Waals surface area contributed by atoms with E-state index < -0.39 is 0 Å². The highest BCUT2D eigenvalue weighted by Gasteiger charge is 2.12. The summed E-state index contributed by atoms with van der Waals surface area (Å²) in [5, 5.41) is 0. The number of amides is 1. The lowest BCUT2D eigenvalue weighted by Crippen LogP contribution is -2.16. The lowest BCUT2D eigenvalue weighted by molar-refractivity contribution is -0.118. The van der Waals surface area contributed by atoms with E-state index in [0.717, 1.165) is 28.1 Å². The van der Waals surface area contributed by atoms with Gasteiger partial charge in [0.15, 0.2) is 16.3 Å². The van der Waals surface area contributed by atoms with Gasteiger partial charge >= 0.3 is 0 Å². The van der Waals surface area contributed by atoms with Crippen LogP contribution in [0.4, 0.5) is 0 Å². The Morgan fingerprint density at radius 1 is 1.20 bits per heavy atom. The Bertz CT molecular complexity index is 1070. The van der Waals surface area contributed by atoms with Gasteiger partial charge in [0.1, 0.15) is 0 Å². The number of allylic oxidation sites excluding steroid dienone is 1. The number of benzene rings is 2. The van der Waals surface area contributed by atoms with Crippen LogP contribution in [-0.4, -0.2) is 30.4 Å². The molecule has 0 fully saturated rings. The highest BCUT2D eigenvalue weighted by atomic mass is 32.2. The molecule has 1 aromatic heterocycles. The minimum atomic E-state index is -0.0985. The summed E-state index contributed by atoms with van der Waals surface area (Å²) in [6.45, 7) is 4.40. The molecule has 0 atom stereocenters.